The van der Waals surface area contributed by atoms with E-state index in [9.17, 15) is 14.4 Å². The number of carbonyl (C=O) groups is 3. The molecule has 1 amide bonds. The maximum absolute atomic E-state index is 12.2. The van der Waals surface area contributed by atoms with Gasteiger partial charge in [0.15, 0.2) is 11.4 Å². The van der Waals surface area contributed by atoms with Crippen molar-refractivity contribution in [3.05, 3.63) is 35.9 Å². The average Bonchev–Trinajstić information content (AvgIpc) is 2.63. The van der Waals surface area contributed by atoms with Gasteiger partial charge in [-0.25, -0.2) is 4.79 Å². The Morgan fingerprint density at radius 1 is 1.15 bits per heavy atom. The van der Waals surface area contributed by atoms with Gasteiger partial charge in [0, 0.05) is 12.2 Å². The summed E-state index contributed by atoms with van der Waals surface area (Å²) in [5.41, 5.74) is -0.620. The molecule has 1 rings (SSSR count). The summed E-state index contributed by atoms with van der Waals surface area (Å²) in [7, 11) is 0. The van der Waals surface area contributed by atoms with Crippen molar-refractivity contribution < 1.29 is 24.2 Å². The van der Waals surface area contributed by atoms with Crippen molar-refractivity contribution in [1.82, 2.24) is 5.32 Å². The number of carboxylic acids is 1. The zero-order chi connectivity index (χ0) is 19.6. The molecule has 6 heteroatoms. The van der Waals surface area contributed by atoms with E-state index in [1.54, 1.807) is 38.1 Å². The second kappa shape index (κ2) is 10.7. The minimum absolute atomic E-state index is 0.0741. The largest absolute Gasteiger partial charge is 0.479 e. The van der Waals surface area contributed by atoms with Crippen LogP contribution in [0, 0.1) is 0 Å². The Morgan fingerprint density at radius 3 is 2.35 bits per heavy atom. The molecule has 26 heavy (non-hydrogen) atoms. The summed E-state index contributed by atoms with van der Waals surface area (Å²) in [4.78, 5) is 35.1. The fourth-order valence-corrected chi connectivity index (χ4v) is 2.45. The summed E-state index contributed by atoms with van der Waals surface area (Å²) in [5, 5.41) is 11.9. The molecule has 2 atom stereocenters. The first-order chi connectivity index (χ1) is 12.3. The van der Waals surface area contributed by atoms with E-state index in [0.717, 1.165) is 12.8 Å². The van der Waals surface area contributed by atoms with Crippen LogP contribution >= 0.6 is 0 Å². The number of rotatable bonds is 12. The van der Waals surface area contributed by atoms with Gasteiger partial charge in [0.2, 0.25) is 0 Å². The van der Waals surface area contributed by atoms with Crippen molar-refractivity contribution in [2.45, 2.75) is 64.5 Å². The van der Waals surface area contributed by atoms with Gasteiger partial charge in [0.05, 0.1) is 6.04 Å². The molecule has 0 fully saturated rings. The van der Waals surface area contributed by atoms with Gasteiger partial charge >= 0.3 is 5.97 Å². The highest BCUT2D eigenvalue weighted by molar-refractivity contribution is 5.97. The van der Waals surface area contributed by atoms with E-state index in [0.29, 0.717) is 31.4 Å². The number of hydrogen-bond acceptors (Lipinski definition) is 4. The van der Waals surface area contributed by atoms with Gasteiger partial charge in [-0.1, -0.05) is 38.0 Å². The predicted molar refractivity (Wildman–Crippen MR) is 99.1 cm³/mol. The summed E-state index contributed by atoms with van der Waals surface area (Å²) in [6.45, 7) is 5.18. The number of Topliss-reactive ketones (excluding diaryl/α,β-unsaturated/α-hetero) is 1. The van der Waals surface area contributed by atoms with E-state index < -0.39 is 17.6 Å². The summed E-state index contributed by atoms with van der Waals surface area (Å²) in [6, 6.07) is 8.28. The highest BCUT2D eigenvalue weighted by atomic mass is 16.5. The van der Waals surface area contributed by atoms with Crippen LogP contribution in [0.4, 0.5) is 0 Å². The Kier molecular flexibility index (Phi) is 8.99. The van der Waals surface area contributed by atoms with Crippen LogP contribution in [0.25, 0.3) is 0 Å². The fraction of sp³-hybridized carbons (Fsp3) is 0.550. The molecule has 1 aromatic rings. The Balaban J connectivity index is 2.35. The van der Waals surface area contributed by atoms with Gasteiger partial charge in [-0.15, -0.1) is 0 Å². The predicted octanol–water partition coefficient (Wildman–Crippen LogP) is 3.20. The summed E-state index contributed by atoms with van der Waals surface area (Å²) in [6.07, 6.45) is 3.21. The van der Waals surface area contributed by atoms with Crippen LogP contribution in [-0.2, 0) is 14.3 Å². The van der Waals surface area contributed by atoms with Crippen LogP contribution < -0.4 is 5.32 Å². The zero-order valence-electron chi connectivity index (χ0n) is 15.8. The topological polar surface area (TPSA) is 92.7 Å². The van der Waals surface area contributed by atoms with E-state index in [2.05, 4.69) is 5.32 Å². The normalized spacial score (nSPS) is 14.3. The Hall–Kier alpha value is -2.21. The third-order valence-electron chi connectivity index (χ3n) is 4.52. The lowest BCUT2D eigenvalue weighted by Crippen LogP contribution is -2.39. The molecule has 0 aliphatic heterocycles. The molecule has 0 spiro atoms. The summed E-state index contributed by atoms with van der Waals surface area (Å²) < 4.78 is 5.48. The second-order valence-corrected chi connectivity index (χ2v) is 6.59. The lowest BCUT2D eigenvalue weighted by atomic mass is 10.0. The average molecular weight is 363 g/mol. The van der Waals surface area contributed by atoms with E-state index in [4.69, 9.17) is 9.84 Å². The first-order valence-corrected chi connectivity index (χ1v) is 9.04. The molecule has 2 N–H and O–H groups in total. The molecule has 0 aliphatic carbocycles. The van der Waals surface area contributed by atoms with E-state index in [-0.39, 0.29) is 11.7 Å². The standard InChI is InChI=1S/C20H29NO5/c1-4-20(3,19(24)25)26-14-10-6-9-13-17(15(2)22)21-18(23)16-11-7-5-8-12-16/h5,7-8,11-12,17H,4,6,9-10,13-14H2,1-3H3,(H,21,23)(H,24,25). The minimum Gasteiger partial charge on any atom is -0.479 e. The molecule has 0 bridgehead atoms. The smallest absolute Gasteiger partial charge is 0.335 e. The van der Waals surface area contributed by atoms with Gasteiger partial charge in [0.25, 0.3) is 5.91 Å². The monoisotopic (exact) mass is 363 g/mol. The number of carboxylic acid groups (broad SMARTS) is 1. The number of unbranched alkanes of at least 4 members (excludes halogenated alkanes) is 2. The highest BCUT2D eigenvalue weighted by Crippen LogP contribution is 2.16. The molecule has 0 saturated carbocycles. The Labute approximate surface area is 154 Å². The highest BCUT2D eigenvalue weighted by Gasteiger charge is 2.31. The number of carbonyl (C=O) groups excluding carboxylic acids is 2. The second-order valence-electron chi connectivity index (χ2n) is 6.59. The zero-order valence-corrected chi connectivity index (χ0v) is 15.8. The molecule has 0 heterocycles. The Morgan fingerprint density at radius 2 is 1.81 bits per heavy atom. The van der Waals surface area contributed by atoms with Gasteiger partial charge < -0.3 is 15.2 Å². The van der Waals surface area contributed by atoms with Crippen molar-refractivity contribution >= 4 is 17.7 Å². The van der Waals surface area contributed by atoms with Gasteiger partial charge in [-0.2, -0.15) is 0 Å². The number of amides is 1. The molecule has 144 valence electrons. The molecular weight excluding hydrogens is 334 g/mol. The first kappa shape index (κ1) is 21.8. The lowest BCUT2D eigenvalue weighted by Gasteiger charge is -2.23. The van der Waals surface area contributed by atoms with Crippen LogP contribution in [0.2, 0.25) is 0 Å². The fourth-order valence-electron chi connectivity index (χ4n) is 2.45. The van der Waals surface area contributed by atoms with Crippen molar-refractivity contribution in [2.24, 2.45) is 0 Å². The number of ether oxygens (including phenoxy) is 1. The third kappa shape index (κ3) is 6.96. The maximum atomic E-state index is 12.2. The van der Waals surface area contributed by atoms with Gasteiger partial charge in [0.1, 0.15) is 0 Å². The van der Waals surface area contributed by atoms with Crippen molar-refractivity contribution in [2.75, 3.05) is 6.61 Å². The van der Waals surface area contributed by atoms with Gasteiger partial charge in [-0.05, 0) is 45.2 Å². The van der Waals surface area contributed by atoms with Crippen molar-refractivity contribution in [1.29, 1.82) is 0 Å². The summed E-state index contributed by atoms with van der Waals surface area (Å²) in [5.74, 6) is -1.29. The maximum Gasteiger partial charge on any atom is 0.335 e. The van der Waals surface area contributed by atoms with Crippen molar-refractivity contribution in [3.63, 3.8) is 0 Å². The van der Waals surface area contributed by atoms with Crippen LogP contribution in [0.3, 0.4) is 0 Å². The molecule has 2 unspecified atom stereocenters. The van der Waals surface area contributed by atoms with E-state index >= 15 is 0 Å². The minimum atomic E-state index is -1.15. The number of aliphatic carboxylic acids is 1. The molecule has 0 saturated heterocycles. The van der Waals surface area contributed by atoms with Crippen LogP contribution in [0.5, 0.6) is 0 Å². The molecule has 0 aliphatic rings. The van der Waals surface area contributed by atoms with Crippen LogP contribution in [0.1, 0.15) is 63.2 Å². The number of benzene rings is 1. The molecular formula is C20H29NO5. The van der Waals surface area contributed by atoms with Gasteiger partial charge in [-0.3, -0.25) is 9.59 Å². The molecule has 6 nitrogen and oxygen atoms in total. The quantitative estimate of drug-likeness (QED) is 0.556. The Bertz CT molecular complexity index is 601. The van der Waals surface area contributed by atoms with Crippen LogP contribution in [0.15, 0.2) is 30.3 Å². The van der Waals surface area contributed by atoms with Crippen molar-refractivity contribution in [3.8, 4) is 0 Å². The number of nitrogens with one attached hydrogen (secondary N) is 1. The SMILES string of the molecule is CCC(C)(OCCCCCC(NC(=O)c1ccccc1)C(C)=O)C(=O)O. The molecule has 1 aromatic carbocycles. The van der Waals surface area contributed by atoms with E-state index in [1.165, 1.54) is 6.92 Å². The molecule has 0 aromatic heterocycles. The third-order valence-corrected chi connectivity index (χ3v) is 4.52. The van der Waals surface area contributed by atoms with Crippen LogP contribution in [-0.4, -0.2) is 41.0 Å². The number of ketones is 1. The molecule has 0 radical (unpaired) electrons. The first-order valence-electron chi connectivity index (χ1n) is 9.04. The lowest BCUT2D eigenvalue weighted by molar-refractivity contribution is -0.164. The number of hydrogen-bond donors (Lipinski definition) is 2. The summed E-state index contributed by atoms with van der Waals surface area (Å²) >= 11 is 0. The van der Waals surface area contributed by atoms with E-state index in [1.807, 2.05) is 6.07 Å².